The highest BCUT2D eigenvalue weighted by Crippen LogP contribution is 2.31. The Hall–Kier alpha value is -4.32. The van der Waals surface area contributed by atoms with E-state index in [1.54, 1.807) is 42.5 Å². The van der Waals surface area contributed by atoms with Crippen LogP contribution in [0.1, 0.15) is 10.5 Å². The van der Waals surface area contributed by atoms with Gasteiger partial charge in [0.2, 0.25) is 0 Å². The van der Waals surface area contributed by atoms with E-state index in [1.165, 1.54) is 45.1 Å². The van der Waals surface area contributed by atoms with Gasteiger partial charge in [-0.15, -0.1) is 0 Å². The second-order valence-electron chi connectivity index (χ2n) is 7.35. The zero-order valence-electron chi connectivity index (χ0n) is 19.4. The molecule has 0 unspecified atom stereocenters. The highest BCUT2D eigenvalue weighted by Gasteiger charge is 2.25. The average molecular weight is 498 g/mol. The van der Waals surface area contributed by atoms with Gasteiger partial charge in [0.05, 0.1) is 32.4 Å². The van der Waals surface area contributed by atoms with Gasteiger partial charge in [-0.3, -0.25) is 4.72 Å². The first-order valence-corrected chi connectivity index (χ1v) is 11.8. The minimum absolute atomic E-state index is 0.0358. The van der Waals surface area contributed by atoms with E-state index in [4.69, 9.17) is 14.2 Å². The van der Waals surface area contributed by atoms with Crippen LogP contribution in [0, 0.1) is 0 Å². The number of hydrogen-bond donors (Lipinski definition) is 2. The van der Waals surface area contributed by atoms with E-state index in [-0.39, 0.29) is 22.4 Å². The molecule has 2 aromatic heterocycles. The van der Waals surface area contributed by atoms with Crippen LogP contribution in [0.3, 0.4) is 0 Å². The molecule has 0 fully saturated rings. The zero-order chi connectivity index (χ0) is 25.2. The number of fused-ring (bicyclic) bond motifs is 1. The van der Waals surface area contributed by atoms with Crippen LogP contribution in [0.2, 0.25) is 0 Å². The van der Waals surface area contributed by atoms with Crippen molar-refractivity contribution in [3.05, 3.63) is 60.3 Å². The lowest BCUT2D eigenvalue weighted by atomic mass is 10.2. The molecular formula is C23H23N5O6S. The first-order valence-electron chi connectivity index (χ1n) is 10.3. The van der Waals surface area contributed by atoms with Gasteiger partial charge in [0.1, 0.15) is 17.2 Å². The maximum absolute atomic E-state index is 13.3. The third-order valence-corrected chi connectivity index (χ3v) is 6.58. The third kappa shape index (κ3) is 4.82. The van der Waals surface area contributed by atoms with Crippen LogP contribution in [0.4, 0.5) is 17.3 Å². The summed E-state index contributed by atoms with van der Waals surface area (Å²) in [4.78, 5) is 21.0. The Morgan fingerprint density at radius 1 is 0.886 bits per heavy atom. The highest BCUT2D eigenvalue weighted by atomic mass is 32.2. The molecule has 0 bridgehead atoms. The molecule has 182 valence electrons. The van der Waals surface area contributed by atoms with Crippen molar-refractivity contribution in [1.82, 2.24) is 14.5 Å². The number of esters is 1. The van der Waals surface area contributed by atoms with Crippen molar-refractivity contribution in [2.24, 2.45) is 7.05 Å². The number of rotatable bonds is 8. The summed E-state index contributed by atoms with van der Waals surface area (Å²) in [5.74, 6) is 0.522. The van der Waals surface area contributed by atoms with Gasteiger partial charge in [0.15, 0.2) is 16.7 Å². The summed E-state index contributed by atoms with van der Waals surface area (Å²) in [6.45, 7) is 0. The first-order chi connectivity index (χ1) is 16.7. The molecule has 2 N–H and O–H groups in total. The Bertz CT molecular complexity index is 1490. The third-order valence-electron chi connectivity index (χ3n) is 5.16. The normalized spacial score (nSPS) is 11.2. The SMILES string of the molecule is COC(=O)c1ccc(S(=O)(=O)Nc2nc3ccccc3nc2Nc2cc(OC)cc(OC)c2)n1C. The van der Waals surface area contributed by atoms with Crippen molar-refractivity contribution in [2.75, 3.05) is 31.4 Å². The molecule has 0 spiro atoms. The van der Waals surface area contributed by atoms with E-state index in [0.29, 0.717) is 28.2 Å². The summed E-state index contributed by atoms with van der Waals surface area (Å²) in [5, 5.41) is 2.94. The largest absolute Gasteiger partial charge is 0.497 e. The predicted octanol–water partition coefficient (Wildman–Crippen LogP) is 3.32. The number of aromatic nitrogens is 3. The zero-order valence-corrected chi connectivity index (χ0v) is 20.2. The topological polar surface area (TPSA) is 134 Å². The fourth-order valence-electron chi connectivity index (χ4n) is 3.43. The maximum Gasteiger partial charge on any atom is 0.354 e. The number of ether oxygens (including phenoxy) is 3. The Labute approximate surface area is 201 Å². The molecule has 2 heterocycles. The van der Waals surface area contributed by atoms with Gasteiger partial charge in [-0.25, -0.2) is 14.8 Å². The highest BCUT2D eigenvalue weighted by molar-refractivity contribution is 7.92. The van der Waals surface area contributed by atoms with Crippen molar-refractivity contribution in [1.29, 1.82) is 0 Å². The van der Waals surface area contributed by atoms with E-state index >= 15 is 0 Å². The lowest BCUT2D eigenvalue weighted by Crippen LogP contribution is -2.20. The summed E-state index contributed by atoms with van der Waals surface area (Å²) in [5.41, 5.74) is 1.66. The standard InChI is InChI=1S/C23H23N5O6S/c1-28-19(23(29)34-4)9-10-20(28)35(30,31)27-22-21(25-17-7-5-6-8-18(17)26-22)24-14-11-15(32-2)13-16(12-14)33-3/h5-13H,1-4H3,(H,24,25)(H,26,27). The molecule has 0 radical (unpaired) electrons. The Balaban J connectivity index is 1.78. The van der Waals surface area contributed by atoms with Gasteiger partial charge in [0.25, 0.3) is 10.0 Å². The summed E-state index contributed by atoms with van der Waals surface area (Å²) in [6.07, 6.45) is 0. The number of benzene rings is 2. The first kappa shape index (κ1) is 23.8. The van der Waals surface area contributed by atoms with Crippen LogP contribution in [0.25, 0.3) is 11.0 Å². The molecule has 2 aromatic carbocycles. The van der Waals surface area contributed by atoms with Gasteiger partial charge < -0.3 is 24.1 Å². The molecule has 0 aliphatic rings. The van der Waals surface area contributed by atoms with E-state index in [2.05, 4.69) is 20.0 Å². The number of nitrogens with one attached hydrogen (secondary N) is 2. The predicted molar refractivity (Wildman–Crippen MR) is 130 cm³/mol. The second kappa shape index (κ2) is 9.50. The molecule has 35 heavy (non-hydrogen) atoms. The van der Waals surface area contributed by atoms with Crippen molar-refractivity contribution in [3.63, 3.8) is 0 Å². The van der Waals surface area contributed by atoms with Crippen LogP contribution < -0.4 is 19.5 Å². The van der Waals surface area contributed by atoms with Crippen LogP contribution >= 0.6 is 0 Å². The van der Waals surface area contributed by atoms with Gasteiger partial charge >= 0.3 is 5.97 Å². The summed E-state index contributed by atoms with van der Waals surface area (Å²) < 4.78 is 45.6. The van der Waals surface area contributed by atoms with Crippen LogP contribution in [0.15, 0.2) is 59.6 Å². The van der Waals surface area contributed by atoms with Gasteiger partial charge in [-0.1, -0.05) is 12.1 Å². The van der Waals surface area contributed by atoms with Crippen molar-refractivity contribution in [3.8, 4) is 11.5 Å². The summed E-state index contributed by atoms with van der Waals surface area (Å²) >= 11 is 0. The Morgan fingerprint density at radius 3 is 2.06 bits per heavy atom. The minimum atomic E-state index is -4.16. The molecular weight excluding hydrogens is 474 g/mol. The van der Waals surface area contributed by atoms with Crippen LogP contribution in [-0.4, -0.2) is 50.3 Å². The molecule has 0 aliphatic carbocycles. The fourth-order valence-corrected chi connectivity index (χ4v) is 4.63. The average Bonchev–Trinajstić information content (AvgIpc) is 3.25. The number of methoxy groups -OCH3 is 3. The Kier molecular flexibility index (Phi) is 6.47. The fraction of sp³-hybridized carbons (Fsp3) is 0.174. The van der Waals surface area contributed by atoms with E-state index in [0.717, 1.165) is 0 Å². The molecule has 11 nitrogen and oxygen atoms in total. The summed E-state index contributed by atoms with van der Waals surface area (Å²) in [7, 11) is 1.56. The number of anilines is 3. The Morgan fingerprint density at radius 2 is 1.49 bits per heavy atom. The number of carbonyl (C=O) groups is 1. The lowest BCUT2D eigenvalue weighted by Gasteiger charge is -2.15. The second-order valence-corrected chi connectivity index (χ2v) is 8.98. The molecule has 0 aliphatic heterocycles. The smallest absolute Gasteiger partial charge is 0.354 e. The molecule has 0 atom stereocenters. The van der Waals surface area contributed by atoms with E-state index < -0.39 is 16.0 Å². The van der Waals surface area contributed by atoms with Gasteiger partial charge in [-0.2, -0.15) is 8.42 Å². The molecule has 0 amide bonds. The number of hydrogen-bond acceptors (Lipinski definition) is 9. The van der Waals surface area contributed by atoms with Crippen molar-refractivity contribution in [2.45, 2.75) is 5.03 Å². The van der Waals surface area contributed by atoms with Gasteiger partial charge in [0, 0.05) is 30.9 Å². The number of carbonyl (C=O) groups excluding carboxylic acids is 1. The lowest BCUT2D eigenvalue weighted by molar-refractivity contribution is 0.0589. The maximum atomic E-state index is 13.3. The van der Waals surface area contributed by atoms with Gasteiger partial charge in [-0.05, 0) is 24.3 Å². The monoisotopic (exact) mass is 497 g/mol. The van der Waals surface area contributed by atoms with E-state index in [9.17, 15) is 13.2 Å². The number of nitrogens with zero attached hydrogens (tertiary/aromatic N) is 3. The van der Waals surface area contributed by atoms with Crippen molar-refractivity contribution < 1.29 is 27.4 Å². The number of sulfonamides is 1. The quantitative estimate of drug-likeness (QED) is 0.352. The van der Waals surface area contributed by atoms with Crippen molar-refractivity contribution >= 4 is 44.3 Å². The molecule has 4 aromatic rings. The summed E-state index contributed by atoms with van der Waals surface area (Å²) in [6, 6.07) is 14.8. The molecule has 4 rings (SSSR count). The van der Waals surface area contributed by atoms with Crippen LogP contribution in [-0.2, 0) is 21.8 Å². The van der Waals surface area contributed by atoms with Crippen LogP contribution in [0.5, 0.6) is 11.5 Å². The number of para-hydroxylation sites is 2. The molecule has 0 saturated carbocycles. The van der Waals surface area contributed by atoms with E-state index in [1.807, 2.05) is 0 Å². The molecule has 0 saturated heterocycles. The minimum Gasteiger partial charge on any atom is -0.497 e. The molecule has 12 heteroatoms.